The molecule has 0 radical (unpaired) electrons. The minimum absolute atomic E-state index is 0.0197. The van der Waals surface area contributed by atoms with Crippen LogP contribution in [0.3, 0.4) is 0 Å². The first-order valence-electron chi connectivity index (χ1n) is 9.38. The van der Waals surface area contributed by atoms with Gasteiger partial charge in [0.25, 0.3) is 0 Å². The van der Waals surface area contributed by atoms with Crippen LogP contribution in [0.15, 0.2) is 0 Å². The SMILES string of the molecule is CC1CCN(C(=O)C(=O)N2CC(N)CC23CCCCCC3)CC1. The third-order valence-electron chi connectivity index (χ3n) is 6.17. The summed E-state index contributed by atoms with van der Waals surface area (Å²) in [7, 11) is 0. The molecule has 2 N–H and O–H groups in total. The minimum Gasteiger partial charge on any atom is -0.334 e. The van der Waals surface area contributed by atoms with Crippen LogP contribution in [-0.2, 0) is 9.59 Å². The second-order valence-corrected chi connectivity index (χ2v) is 7.99. The largest absolute Gasteiger partial charge is 0.334 e. The molecule has 1 spiro atoms. The minimum atomic E-state index is -0.297. The quantitative estimate of drug-likeness (QED) is 0.693. The summed E-state index contributed by atoms with van der Waals surface area (Å²) >= 11 is 0. The van der Waals surface area contributed by atoms with Crippen LogP contribution in [0.4, 0.5) is 0 Å². The van der Waals surface area contributed by atoms with Gasteiger partial charge in [0.15, 0.2) is 0 Å². The van der Waals surface area contributed by atoms with E-state index in [2.05, 4.69) is 6.92 Å². The molecule has 130 valence electrons. The van der Waals surface area contributed by atoms with Crippen molar-refractivity contribution in [1.82, 2.24) is 9.80 Å². The van der Waals surface area contributed by atoms with Crippen molar-refractivity contribution in [2.24, 2.45) is 11.7 Å². The van der Waals surface area contributed by atoms with Crippen LogP contribution in [0.25, 0.3) is 0 Å². The van der Waals surface area contributed by atoms with Crippen molar-refractivity contribution < 1.29 is 9.59 Å². The smallest absolute Gasteiger partial charge is 0.312 e. The Morgan fingerprint density at radius 1 is 1.00 bits per heavy atom. The van der Waals surface area contributed by atoms with E-state index in [4.69, 9.17) is 5.73 Å². The number of amides is 2. The molecule has 0 aromatic carbocycles. The molecule has 3 rings (SSSR count). The summed E-state index contributed by atoms with van der Waals surface area (Å²) in [5.41, 5.74) is 6.05. The van der Waals surface area contributed by atoms with E-state index in [-0.39, 0.29) is 23.4 Å². The van der Waals surface area contributed by atoms with Gasteiger partial charge in [-0.3, -0.25) is 9.59 Å². The molecule has 5 heteroatoms. The first-order valence-corrected chi connectivity index (χ1v) is 9.38. The predicted molar refractivity (Wildman–Crippen MR) is 89.7 cm³/mol. The molecule has 3 aliphatic rings. The number of likely N-dealkylation sites (tertiary alicyclic amines) is 2. The van der Waals surface area contributed by atoms with Gasteiger partial charge in [0, 0.05) is 31.2 Å². The molecule has 2 saturated heterocycles. The van der Waals surface area contributed by atoms with E-state index in [9.17, 15) is 9.59 Å². The molecule has 1 atom stereocenters. The summed E-state index contributed by atoms with van der Waals surface area (Å²) in [4.78, 5) is 29.3. The predicted octanol–water partition coefficient (Wildman–Crippen LogP) is 1.90. The summed E-state index contributed by atoms with van der Waals surface area (Å²) in [5, 5.41) is 0. The molecule has 5 nitrogen and oxygen atoms in total. The molecule has 23 heavy (non-hydrogen) atoms. The third-order valence-corrected chi connectivity index (χ3v) is 6.17. The van der Waals surface area contributed by atoms with Crippen LogP contribution in [0.2, 0.25) is 0 Å². The molecule has 2 aliphatic heterocycles. The summed E-state index contributed by atoms with van der Waals surface area (Å²) < 4.78 is 0. The molecular weight excluding hydrogens is 290 g/mol. The standard InChI is InChI=1S/C18H31N3O2/c1-14-6-10-20(11-7-14)16(22)17(23)21-13-15(19)12-18(21)8-4-2-3-5-9-18/h14-15H,2-13,19H2,1H3. The number of nitrogens with two attached hydrogens (primary N) is 1. The van der Waals surface area contributed by atoms with Crippen LogP contribution in [0, 0.1) is 5.92 Å². The average molecular weight is 321 g/mol. The van der Waals surface area contributed by atoms with Gasteiger partial charge in [0.05, 0.1) is 0 Å². The van der Waals surface area contributed by atoms with Crippen LogP contribution in [0.1, 0.15) is 64.7 Å². The Morgan fingerprint density at radius 3 is 2.22 bits per heavy atom. The zero-order chi connectivity index (χ0) is 16.4. The summed E-state index contributed by atoms with van der Waals surface area (Å²) in [6.45, 7) is 4.20. The zero-order valence-electron chi connectivity index (χ0n) is 14.4. The van der Waals surface area contributed by atoms with E-state index < -0.39 is 0 Å². The fourth-order valence-electron chi connectivity index (χ4n) is 4.71. The molecule has 1 saturated carbocycles. The fourth-order valence-corrected chi connectivity index (χ4v) is 4.71. The lowest BCUT2D eigenvalue weighted by atomic mass is 9.86. The number of rotatable bonds is 0. The third kappa shape index (κ3) is 3.39. The number of carbonyl (C=O) groups excluding carboxylic acids is 2. The zero-order valence-corrected chi connectivity index (χ0v) is 14.4. The van der Waals surface area contributed by atoms with Gasteiger partial charge < -0.3 is 15.5 Å². The Kier molecular flexibility index (Phi) is 4.95. The second-order valence-electron chi connectivity index (χ2n) is 7.99. The maximum Gasteiger partial charge on any atom is 0.312 e. The Hall–Kier alpha value is -1.10. The molecule has 0 bridgehead atoms. The van der Waals surface area contributed by atoms with Gasteiger partial charge in [-0.05, 0) is 38.0 Å². The summed E-state index contributed by atoms with van der Waals surface area (Å²) in [6.07, 6.45) is 9.65. The van der Waals surface area contributed by atoms with Crippen molar-refractivity contribution >= 4 is 11.8 Å². The van der Waals surface area contributed by atoms with Crippen LogP contribution >= 0.6 is 0 Å². The normalized spacial score (nSPS) is 28.9. The Bertz CT molecular complexity index is 449. The van der Waals surface area contributed by atoms with Crippen molar-refractivity contribution in [3.05, 3.63) is 0 Å². The van der Waals surface area contributed by atoms with E-state index >= 15 is 0 Å². The van der Waals surface area contributed by atoms with Crippen molar-refractivity contribution in [2.45, 2.75) is 76.3 Å². The molecule has 1 aliphatic carbocycles. The maximum atomic E-state index is 12.9. The lowest BCUT2D eigenvalue weighted by molar-refractivity contribution is -0.155. The summed E-state index contributed by atoms with van der Waals surface area (Å²) in [5.74, 6) is 0.0617. The van der Waals surface area contributed by atoms with Gasteiger partial charge in [0.2, 0.25) is 0 Å². The highest BCUT2D eigenvalue weighted by atomic mass is 16.2. The molecule has 2 heterocycles. The molecule has 0 aromatic rings. The Morgan fingerprint density at radius 2 is 1.61 bits per heavy atom. The number of nitrogens with zero attached hydrogens (tertiary/aromatic N) is 2. The van der Waals surface area contributed by atoms with Crippen molar-refractivity contribution in [3.8, 4) is 0 Å². The van der Waals surface area contributed by atoms with Crippen molar-refractivity contribution in [1.29, 1.82) is 0 Å². The first-order chi connectivity index (χ1) is 11.0. The van der Waals surface area contributed by atoms with Gasteiger partial charge in [-0.15, -0.1) is 0 Å². The highest BCUT2D eigenvalue weighted by Gasteiger charge is 2.48. The number of hydrogen-bond acceptors (Lipinski definition) is 3. The lowest BCUT2D eigenvalue weighted by Gasteiger charge is -2.39. The van der Waals surface area contributed by atoms with Crippen LogP contribution < -0.4 is 5.73 Å². The van der Waals surface area contributed by atoms with Crippen molar-refractivity contribution in [3.63, 3.8) is 0 Å². The average Bonchev–Trinajstić information content (AvgIpc) is 2.71. The van der Waals surface area contributed by atoms with E-state index in [0.29, 0.717) is 12.5 Å². The molecule has 3 fully saturated rings. The van der Waals surface area contributed by atoms with Gasteiger partial charge in [-0.25, -0.2) is 0 Å². The highest BCUT2D eigenvalue weighted by molar-refractivity contribution is 6.35. The number of hydrogen-bond donors (Lipinski definition) is 1. The first kappa shape index (κ1) is 16.7. The monoisotopic (exact) mass is 321 g/mol. The van der Waals surface area contributed by atoms with Crippen LogP contribution in [0.5, 0.6) is 0 Å². The summed E-state index contributed by atoms with van der Waals surface area (Å²) in [6, 6.07) is 0.0197. The van der Waals surface area contributed by atoms with Crippen LogP contribution in [-0.4, -0.2) is 52.8 Å². The fraction of sp³-hybridized carbons (Fsp3) is 0.889. The topological polar surface area (TPSA) is 66.6 Å². The van der Waals surface area contributed by atoms with E-state index in [1.54, 1.807) is 4.90 Å². The second kappa shape index (κ2) is 6.80. The number of piperidine rings is 1. The van der Waals surface area contributed by atoms with Gasteiger partial charge in [-0.2, -0.15) is 0 Å². The Labute approximate surface area is 139 Å². The molecule has 1 unspecified atom stereocenters. The molecular formula is C18H31N3O2. The van der Waals surface area contributed by atoms with Gasteiger partial charge in [0.1, 0.15) is 0 Å². The molecule has 0 aromatic heterocycles. The van der Waals surface area contributed by atoms with Gasteiger partial charge >= 0.3 is 11.8 Å². The van der Waals surface area contributed by atoms with E-state index in [0.717, 1.165) is 58.0 Å². The number of carbonyl (C=O) groups is 2. The molecule has 2 amide bonds. The van der Waals surface area contributed by atoms with Gasteiger partial charge in [-0.1, -0.05) is 32.6 Å². The van der Waals surface area contributed by atoms with Crippen molar-refractivity contribution in [2.75, 3.05) is 19.6 Å². The van der Waals surface area contributed by atoms with E-state index in [1.165, 1.54) is 12.8 Å². The highest BCUT2D eigenvalue weighted by Crippen LogP contribution is 2.40. The van der Waals surface area contributed by atoms with E-state index in [1.807, 2.05) is 4.90 Å². The maximum absolute atomic E-state index is 12.9. The Balaban J connectivity index is 1.72. The lowest BCUT2D eigenvalue weighted by Crippen LogP contribution is -2.54.